The molecule has 32 heavy (non-hydrogen) atoms. The van der Waals surface area contributed by atoms with E-state index in [2.05, 4.69) is 16.0 Å². The van der Waals surface area contributed by atoms with Crippen LogP contribution in [0, 0.1) is 0 Å². The molecule has 6 nitrogen and oxygen atoms in total. The van der Waals surface area contributed by atoms with E-state index in [0.717, 1.165) is 34.4 Å². The molecule has 1 aromatic carbocycles. The molecule has 1 aliphatic rings. The summed E-state index contributed by atoms with van der Waals surface area (Å²) in [6.07, 6.45) is 10.1. The Morgan fingerprint density at radius 2 is 1.69 bits per heavy atom. The summed E-state index contributed by atoms with van der Waals surface area (Å²) in [5.74, 6) is 0.378. The summed E-state index contributed by atoms with van der Waals surface area (Å²) in [5, 5.41) is 0. The molecule has 3 aromatic rings. The fraction of sp³-hybridized carbons (Fsp3) is 0.269. The second kappa shape index (κ2) is 10.2. The number of para-hydroxylation sites is 1. The Hall–Kier alpha value is -3.51. The number of carbonyl (C=O) groups is 1. The van der Waals surface area contributed by atoms with Gasteiger partial charge in [-0.15, -0.1) is 0 Å². The molecule has 0 N–H and O–H groups in total. The molecule has 4 rings (SSSR count). The highest BCUT2D eigenvalue weighted by molar-refractivity contribution is 6.00. The van der Waals surface area contributed by atoms with Crippen LogP contribution in [-0.2, 0) is 20.7 Å². The highest BCUT2D eigenvalue weighted by Crippen LogP contribution is 2.43. The van der Waals surface area contributed by atoms with Gasteiger partial charge in [0.05, 0.1) is 13.2 Å². The van der Waals surface area contributed by atoms with Crippen molar-refractivity contribution < 1.29 is 19.0 Å². The van der Waals surface area contributed by atoms with Gasteiger partial charge in [-0.05, 0) is 47.4 Å². The Morgan fingerprint density at radius 1 is 1.00 bits per heavy atom. The molecule has 0 bridgehead atoms. The Morgan fingerprint density at radius 3 is 2.34 bits per heavy atom. The molecule has 0 saturated heterocycles. The van der Waals surface area contributed by atoms with E-state index >= 15 is 0 Å². The minimum absolute atomic E-state index is 0.322. The van der Waals surface area contributed by atoms with Crippen molar-refractivity contribution in [2.24, 2.45) is 0 Å². The van der Waals surface area contributed by atoms with Crippen LogP contribution in [0.1, 0.15) is 30.0 Å². The number of hydrogen-bond donors (Lipinski definition) is 0. The maximum absolute atomic E-state index is 12.1. The number of aromatic nitrogens is 2. The van der Waals surface area contributed by atoms with Gasteiger partial charge >= 0.3 is 5.97 Å². The van der Waals surface area contributed by atoms with Crippen LogP contribution < -0.4 is 4.74 Å². The van der Waals surface area contributed by atoms with Gasteiger partial charge in [0, 0.05) is 55.9 Å². The van der Waals surface area contributed by atoms with E-state index in [9.17, 15) is 4.79 Å². The van der Waals surface area contributed by atoms with Crippen molar-refractivity contribution in [1.82, 2.24) is 9.97 Å². The highest BCUT2D eigenvalue weighted by Gasteiger charge is 2.23. The van der Waals surface area contributed by atoms with Gasteiger partial charge in [0.25, 0.3) is 0 Å². The van der Waals surface area contributed by atoms with E-state index in [-0.39, 0.29) is 5.97 Å². The summed E-state index contributed by atoms with van der Waals surface area (Å²) in [4.78, 5) is 20.7. The minimum atomic E-state index is -0.659. The van der Waals surface area contributed by atoms with Crippen molar-refractivity contribution in [3.8, 4) is 16.9 Å². The van der Waals surface area contributed by atoms with Crippen LogP contribution >= 0.6 is 0 Å². The molecule has 1 atom stereocenters. The number of fused-ring (bicyclic) bond motifs is 3. The first-order valence-corrected chi connectivity index (χ1v) is 10.7. The van der Waals surface area contributed by atoms with Crippen molar-refractivity contribution in [3.63, 3.8) is 0 Å². The largest absolute Gasteiger partial charge is 0.493 e. The van der Waals surface area contributed by atoms with E-state index in [1.807, 2.05) is 61.2 Å². The lowest BCUT2D eigenvalue weighted by atomic mass is 10.1. The number of pyridine rings is 2. The summed E-state index contributed by atoms with van der Waals surface area (Å²) in [6.45, 7) is 2.61. The van der Waals surface area contributed by atoms with E-state index in [0.29, 0.717) is 19.6 Å². The lowest BCUT2D eigenvalue weighted by Crippen LogP contribution is -2.27. The monoisotopic (exact) mass is 430 g/mol. The second-order valence-electron chi connectivity index (χ2n) is 7.39. The minimum Gasteiger partial charge on any atom is -0.493 e. The molecule has 2 aromatic heterocycles. The highest BCUT2D eigenvalue weighted by atomic mass is 16.6. The fourth-order valence-corrected chi connectivity index (χ4v) is 3.94. The Kier molecular flexibility index (Phi) is 6.92. The summed E-state index contributed by atoms with van der Waals surface area (Å²) >= 11 is 0. The molecule has 2 heterocycles. The van der Waals surface area contributed by atoms with Gasteiger partial charge in [0.1, 0.15) is 5.75 Å². The second-order valence-corrected chi connectivity index (χ2v) is 7.39. The maximum Gasteiger partial charge on any atom is 0.335 e. The molecule has 0 amide bonds. The number of methoxy groups -OCH3 is 1. The molecule has 0 aliphatic heterocycles. The van der Waals surface area contributed by atoms with Crippen molar-refractivity contribution in [2.75, 3.05) is 20.3 Å². The van der Waals surface area contributed by atoms with E-state index in [1.54, 1.807) is 6.92 Å². The average Bonchev–Trinajstić information content (AvgIpc) is 3.15. The standard InChI is InChI=1S/C26H26N2O4/c1-3-31-26(29)25(30-2)15-18-7-4-5-9-24(18)32-14-6-8-19-22-16-27-12-10-20(22)21-11-13-28-17-23(19)21/h4-5,7-13,16-17,25H,3,6,14-15H2,1-2H3. The first-order chi connectivity index (χ1) is 15.7. The Bertz CT molecular complexity index is 1080. The van der Waals surface area contributed by atoms with E-state index in [4.69, 9.17) is 14.2 Å². The molecule has 1 unspecified atom stereocenters. The number of benzene rings is 1. The number of hydrogen-bond acceptors (Lipinski definition) is 6. The number of carbonyl (C=O) groups excluding carboxylic acids is 1. The zero-order chi connectivity index (χ0) is 22.3. The molecular weight excluding hydrogens is 404 g/mol. The SMILES string of the molecule is CCOC(=O)C(Cc1ccccc1OCCC=C1c2cnccc2-c2ccncc21)OC. The predicted molar refractivity (Wildman–Crippen MR) is 122 cm³/mol. The molecule has 0 saturated carbocycles. The third-order valence-corrected chi connectivity index (χ3v) is 5.45. The van der Waals surface area contributed by atoms with Crippen LogP contribution in [-0.4, -0.2) is 42.4 Å². The number of esters is 1. The lowest BCUT2D eigenvalue weighted by Gasteiger charge is -2.16. The van der Waals surface area contributed by atoms with Gasteiger partial charge in [-0.1, -0.05) is 24.3 Å². The molecule has 0 spiro atoms. The van der Waals surface area contributed by atoms with Crippen LogP contribution in [0.2, 0.25) is 0 Å². The molecule has 0 radical (unpaired) electrons. The van der Waals surface area contributed by atoms with Crippen LogP contribution in [0.15, 0.2) is 67.3 Å². The van der Waals surface area contributed by atoms with Gasteiger partial charge in [0.15, 0.2) is 6.10 Å². The van der Waals surface area contributed by atoms with E-state index < -0.39 is 6.10 Å². The van der Waals surface area contributed by atoms with Crippen molar-refractivity contribution >= 4 is 11.5 Å². The van der Waals surface area contributed by atoms with Crippen molar-refractivity contribution in [1.29, 1.82) is 0 Å². The number of rotatable bonds is 9. The molecule has 0 fully saturated rings. The Balaban J connectivity index is 1.45. The first-order valence-electron chi connectivity index (χ1n) is 10.7. The quantitative estimate of drug-likeness (QED) is 0.288. The smallest absolute Gasteiger partial charge is 0.335 e. The van der Waals surface area contributed by atoms with Crippen LogP contribution in [0.5, 0.6) is 5.75 Å². The molecule has 1 aliphatic carbocycles. The molecular formula is C26H26N2O4. The lowest BCUT2D eigenvalue weighted by molar-refractivity contribution is -0.154. The number of nitrogens with zero attached hydrogens (tertiary/aromatic N) is 2. The van der Waals surface area contributed by atoms with Gasteiger partial charge in [-0.3, -0.25) is 9.97 Å². The molecule has 164 valence electrons. The first kappa shape index (κ1) is 21.7. The number of ether oxygens (including phenoxy) is 3. The average molecular weight is 431 g/mol. The third kappa shape index (κ3) is 4.55. The third-order valence-electron chi connectivity index (χ3n) is 5.45. The predicted octanol–water partition coefficient (Wildman–Crippen LogP) is 4.48. The zero-order valence-corrected chi connectivity index (χ0v) is 18.3. The summed E-state index contributed by atoms with van der Waals surface area (Å²) in [7, 11) is 1.51. The summed E-state index contributed by atoms with van der Waals surface area (Å²) < 4.78 is 16.5. The fourth-order valence-electron chi connectivity index (χ4n) is 3.94. The zero-order valence-electron chi connectivity index (χ0n) is 18.3. The van der Waals surface area contributed by atoms with Crippen molar-refractivity contribution in [3.05, 3.63) is 84.0 Å². The van der Waals surface area contributed by atoms with Gasteiger partial charge < -0.3 is 14.2 Å². The van der Waals surface area contributed by atoms with E-state index in [1.165, 1.54) is 18.2 Å². The van der Waals surface area contributed by atoms with Crippen molar-refractivity contribution in [2.45, 2.75) is 25.9 Å². The summed E-state index contributed by atoms with van der Waals surface area (Å²) in [6, 6.07) is 11.8. The van der Waals surface area contributed by atoms with Gasteiger partial charge in [0.2, 0.25) is 0 Å². The topological polar surface area (TPSA) is 70.5 Å². The van der Waals surface area contributed by atoms with Crippen LogP contribution in [0.25, 0.3) is 16.7 Å². The van der Waals surface area contributed by atoms with Gasteiger partial charge in [-0.25, -0.2) is 4.79 Å². The van der Waals surface area contributed by atoms with Gasteiger partial charge in [-0.2, -0.15) is 0 Å². The normalized spacial score (nSPS) is 12.6. The summed E-state index contributed by atoms with van der Waals surface area (Å²) in [5.41, 5.74) is 6.64. The maximum atomic E-state index is 12.1. The van der Waals surface area contributed by atoms with Crippen LogP contribution in [0.4, 0.5) is 0 Å². The Labute approximate surface area is 187 Å². The molecule has 6 heteroatoms. The van der Waals surface area contributed by atoms with Crippen LogP contribution in [0.3, 0.4) is 0 Å².